The molecule has 0 aliphatic carbocycles. The number of anilines is 2. The van der Waals surface area contributed by atoms with Gasteiger partial charge in [-0.3, -0.25) is 9.48 Å². The van der Waals surface area contributed by atoms with Gasteiger partial charge in [0.15, 0.2) is 5.65 Å². The lowest BCUT2D eigenvalue weighted by Crippen LogP contribution is -2.41. The van der Waals surface area contributed by atoms with Crippen LogP contribution >= 0.6 is 0 Å². The van der Waals surface area contributed by atoms with E-state index >= 15 is 0 Å². The Morgan fingerprint density at radius 1 is 1.24 bits per heavy atom. The second kappa shape index (κ2) is 6.51. The van der Waals surface area contributed by atoms with Gasteiger partial charge in [-0.15, -0.1) is 0 Å². The van der Waals surface area contributed by atoms with Crippen molar-refractivity contribution in [1.29, 1.82) is 0 Å². The minimum Gasteiger partial charge on any atom is -0.355 e. The molecule has 2 aromatic heterocycles. The number of rotatable bonds is 3. The maximum absolute atomic E-state index is 12.6. The van der Waals surface area contributed by atoms with Gasteiger partial charge in [0, 0.05) is 25.8 Å². The van der Waals surface area contributed by atoms with Gasteiger partial charge in [-0.1, -0.05) is 18.2 Å². The van der Waals surface area contributed by atoms with E-state index in [9.17, 15) is 4.79 Å². The van der Waals surface area contributed by atoms with Crippen molar-refractivity contribution in [3.8, 4) is 0 Å². The Labute approximate surface area is 145 Å². The third kappa shape index (κ3) is 3.05. The molecule has 128 valence electrons. The Morgan fingerprint density at radius 3 is 2.92 bits per heavy atom. The summed E-state index contributed by atoms with van der Waals surface area (Å²) in [7, 11) is 1.87. The number of benzene rings is 1. The van der Waals surface area contributed by atoms with Crippen molar-refractivity contribution >= 4 is 28.4 Å². The number of piperidine rings is 1. The van der Waals surface area contributed by atoms with Crippen LogP contribution in [0.2, 0.25) is 0 Å². The third-order valence-corrected chi connectivity index (χ3v) is 4.64. The Bertz CT molecular complexity index is 891. The summed E-state index contributed by atoms with van der Waals surface area (Å²) in [5.41, 5.74) is 1.64. The number of carbonyl (C=O) groups excluding carboxylic acids is 1. The first-order valence-electron chi connectivity index (χ1n) is 8.46. The number of amides is 1. The van der Waals surface area contributed by atoms with Gasteiger partial charge in [0.1, 0.15) is 12.1 Å². The first kappa shape index (κ1) is 15.6. The summed E-state index contributed by atoms with van der Waals surface area (Å²) in [6.45, 7) is 1.54. The van der Waals surface area contributed by atoms with Crippen molar-refractivity contribution in [2.24, 2.45) is 13.0 Å². The molecule has 0 saturated carbocycles. The van der Waals surface area contributed by atoms with Crippen molar-refractivity contribution in [1.82, 2.24) is 19.7 Å². The van der Waals surface area contributed by atoms with Crippen LogP contribution in [0.3, 0.4) is 0 Å². The Balaban J connectivity index is 1.53. The highest BCUT2D eigenvalue weighted by Crippen LogP contribution is 2.27. The van der Waals surface area contributed by atoms with Crippen LogP contribution < -0.4 is 10.2 Å². The highest BCUT2D eigenvalue weighted by molar-refractivity contribution is 5.93. The molecule has 4 rings (SSSR count). The van der Waals surface area contributed by atoms with Gasteiger partial charge >= 0.3 is 0 Å². The lowest BCUT2D eigenvalue weighted by atomic mass is 9.97. The van der Waals surface area contributed by atoms with Crippen LogP contribution in [0.4, 0.5) is 11.5 Å². The Morgan fingerprint density at radius 2 is 2.08 bits per heavy atom. The maximum atomic E-state index is 12.6. The fourth-order valence-corrected chi connectivity index (χ4v) is 3.35. The second-order valence-electron chi connectivity index (χ2n) is 6.34. The van der Waals surface area contributed by atoms with Gasteiger partial charge in [-0.25, -0.2) is 9.97 Å². The van der Waals surface area contributed by atoms with Gasteiger partial charge in [-0.05, 0) is 25.0 Å². The smallest absolute Gasteiger partial charge is 0.229 e. The number of para-hydroxylation sites is 1. The number of hydrogen-bond acceptors (Lipinski definition) is 5. The standard InChI is InChI=1S/C18H20N6O/c1-23-16-15(10-21-23)17(20-12-19-16)24-9-5-6-13(11-24)18(25)22-14-7-3-2-4-8-14/h2-4,7-8,10,12-13H,5-6,9,11H2,1H3,(H,22,25)/t13-/m0/s1. The zero-order valence-corrected chi connectivity index (χ0v) is 14.1. The van der Waals surface area contributed by atoms with Gasteiger partial charge in [-0.2, -0.15) is 5.10 Å². The van der Waals surface area contributed by atoms with Crippen LogP contribution in [0.5, 0.6) is 0 Å². The van der Waals surface area contributed by atoms with E-state index in [1.807, 2.05) is 37.4 Å². The first-order valence-corrected chi connectivity index (χ1v) is 8.46. The summed E-state index contributed by atoms with van der Waals surface area (Å²) < 4.78 is 1.74. The lowest BCUT2D eigenvalue weighted by molar-refractivity contribution is -0.120. The van der Waals surface area contributed by atoms with Gasteiger partial charge in [0.05, 0.1) is 17.5 Å². The number of nitrogens with one attached hydrogen (secondary N) is 1. The maximum Gasteiger partial charge on any atom is 0.229 e. The number of fused-ring (bicyclic) bond motifs is 1. The molecule has 1 aromatic carbocycles. The molecule has 0 spiro atoms. The highest BCUT2D eigenvalue weighted by atomic mass is 16.1. The predicted octanol–water partition coefficient (Wildman–Crippen LogP) is 2.22. The monoisotopic (exact) mass is 336 g/mol. The number of carbonyl (C=O) groups is 1. The van der Waals surface area contributed by atoms with Crippen molar-refractivity contribution in [3.63, 3.8) is 0 Å². The van der Waals surface area contributed by atoms with E-state index in [0.29, 0.717) is 6.54 Å². The zero-order chi connectivity index (χ0) is 17.2. The molecule has 1 fully saturated rings. The first-order chi connectivity index (χ1) is 12.2. The Hall–Kier alpha value is -2.96. The Kier molecular flexibility index (Phi) is 4.05. The van der Waals surface area contributed by atoms with Crippen molar-refractivity contribution in [2.75, 3.05) is 23.3 Å². The molecular weight excluding hydrogens is 316 g/mol. The van der Waals surface area contributed by atoms with E-state index in [4.69, 9.17) is 0 Å². The van der Waals surface area contributed by atoms with Crippen LogP contribution in [-0.4, -0.2) is 38.7 Å². The molecule has 25 heavy (non-hydrogen) atoms. The van der Waals surface area contributed by atoms with E-state index in [-0.39, 0.29) is 11.8 Å². The van der Waals surface area contributed by atoms with E-state index in [1.54, 1.807) is 17.2 Å². The molecule has 3 heterocycles. The topological polar surface area (TPSA) is 75.9 Å². The fraction of sp³-hybridized carbons (Fsp3) is 0.333. The molecular formula is C18H20N6O. The fourth-order valence-electron chi connectivity index (χ4n) is 3.35. The summed E-state index contributed by atoms with van der Waals surface area (Å²) >= 11 is 0. The molecule has 1 aliphatic heterocycles. The molecule has 0 radical (unpaired) electrons. The van der Waals surface area contributed by atoms with Crippen molar-refractivity contribution < 1.29 is 4.79 Å². The minimum atomic E-state index is -0.0596. The molecule has 1 amide bonds. The second-order valence-corrected chi connectivity index (χ2v) is 6.34. The number of aryl methyl sites for hydroxylation is 1. The third-order valence-electron chi connectivity index (χ3n) is 4.64. The molecule has 7 nitrogen and oxygen atoms in total. The van der Waals surface area contributed by atoms with Gasteiger partial charge in [0.25, 0.3) is 0 Å². The van der Waals surface area contributed by atoms with E-state index < -0.39 is 0 Å². The average molecular weight is 336 g/mol. The van der Waals surface area contributed by atoms with Crippen molar-refractivity contribution in [2.45, 2.75) is 12.8 Å². The summed E-state index contributed by atoms with van der Waals surface area (Å²) in [6, 6.07) is 9.59. The zero-order valence-electron chi connectivity index (χ0n) is 14.1. The van der Waals surface area contributed by atoms with E-state index in [2.05, 4.69) is 25.3 Å². The molecule has 0 bridgehead atoms. The summed E-state index contributed by atoms with van der Waals surface area (Å²) in [4.78, 5) is 23.5. The average Bonchev–Trinajstić information content (AvgIpc) is 3.04. The van der Waals surface area contributed by atoms with Gasteiger partial charge < -0.3 is 10.2 Å². The number of aromatic nitrogens is 4. The van der Waals surface area contributed by atoms with Crippen LogP contribution in [0.25, 0.3) is 11.0 Å². The quantitative estimate of drug-likeness (QED) is 0.794. The number of nitrogens with zero attached hydrogens (tertiary/aromatic N) is 5. The van der Waals surface area contributed by atoms with Crippen LogP contribution in [0.1, 0.15) is 12.8 Å². The normalized spacial score (nSPS) is 17.6. The van der Waals surface area contributed by atoms with Crippen LogP contribution in [-0.2, 0) is 11.8 Å². The number of hydrogen-bond donors (Lipinski definition) is 1. The SMILES string of the molecule is Cn1ncc2c(N3CCC[C@H](C(=O)Nc4ccccc4)C3)ncnc21. The highest BCUT2D eigenvalue weighted by Gasteiger charge is 2.28. The van der Waals surface area contributed by atoms with Crippen LogP contribution in [0, 0.1) is 5.92 Å². The largest absolute Gasteiger partial charge is 0.355 e. The molecule has 7 heteroatoms. The minimum absolute atomic E-state index is 0.0596. The van der Waals surface area contributed by atoms with Crippen molar-refractivity contribution in [3.05, 3.63) is 42.9 Å². The summed E-state index contributed by atoms with van der Waals surface area (Å²) in [5.74, 6) is 0.860. The summed E-state index contributed by atoms with van der Waals surface area (Å²) in [5, 5.41) is 8.20. The molecule has 1 aliphatic rings. The lowest BCUT2D eigenvalue weighted by Gasteiger charge is -2.33. The molecule has 0 unspecified atom stereocenters. The molecule has 1 saturated heterocycles. The molecule has 3 aromatic rings. The molecule has 1 atom stereocenters. The van der Waals surface area contributed by atoms with Crippen LogP contribution in [0.15, 0.2) is 42.9 Å². The predicted molar refractivity (Wildman–Crippen MR) is 96.3 cm³/mol. The van der Waals surface area contributed by atoms with Gasteiger partial charge in [0.2, 0.25) is 5.91 Å². The summed E-state index contributed by atoms with van der Waals surface area (Å²) in [6.07, 6.45) is 5.19. The van der Waals surface area contributed by atoms with E-state index in [1.165, 1.54) is 0 Å². The van der Waals surface area contributed by atoms with E-state index in [0.717, 1.165) is 41.9 Å². The molecule has 1 N–H and O–H groups in total.